The van der Waals surface area contributed by atoms with Gasteiger partial charge in [0.25, 0.3) is 0 Å². The summed E-state index contributed by atoms with van der Waals surface area (Å²) in [5.41, 5.74) is -0.0961. The Morgan fingerprint density at radius 1 is 1.33 bits per heavy atom. The van der Waals surface area contributed by atoms with Crippen molar-refractivity contribution >= 4 is 28.3 Å². The van der Waals surface area contributed by atoms with E-state index in [1.165, 1.54) is 23.3 Å². The summed E-state index contributed by atoms with van der Waals surface area (Å²) in [6.45, 7) is 1.98. The average Bonchev–Trinajstić information content (AvgIpc) is 3.16. The summed E-state index contributed by atoms with van der Waals surface area (Å²) in [6, 6.07) is 3.05. The first-order chi connectivity index (χ1) is 11.5. The van der Waals surface area contributed by atoms with Crippen molar-refractivity contribution in [3.8, 4) is 11.3 Å². The highest BCUT2D eigenvalue weighted by Crippen LogP contribution is 2.29. The Labute approximate surface area is 141 Å². The van der Waals surface area contributed by atoms with Crippen molar-refractivity contribution in [3.63, 3.8) is 0 Å². The Bertz CT molecular complexity index is 773. The summed E-state index contributed by atoms with van der Waals surface area (Å²) in [4.78, 5) is 29.5. The van der Waals surface area contributed by atoms with E-state index in [4.69, 9.17) is 0 Å². The van der Waals surface area contributed by atoms with Gasteiger partial charge in [0.05, 0.1) is 11.3 Å². The average molecular weight is 351 g/mol. The standard InChI is InChI=1S/C16H15F2N3O2S/c1-9(22)21-7-3-6-13(21)15(23)20-16-19-12(8-24-16)14-10(17)4-2-5-11(14)18/h2,4-5,8,13H,3,6-7H2,1H3,(H,19,20,23)/t13-/m0/s1. The third-order valence-corrected chi connectivity index (χ3v) is 4.67. The molecule has 1 aliphatic heterocycles. The maximum absolute atomic E-state index is 13.8. The molecular formula is C16H15F2N3O2S. The van der Waals surface area contributed by atoms with E-state index in [0.717, 1.165) is 29.9 Å². The molecular weight excluding hydrogens is 336 g/mol. The van der Waals surface area contributed by atoms with Crippen molar-refractivity contribution in [1.82, 2.24) is 9.88 Å². The number of anilines is 1. The molecule has 3 rings (SSSR count). The molecule has 24 heavy (non-hydrogen) atoms. The van der Waals surface area contributed by atoms with E-state index < -0.39 is 17.7 Å². The molecule has 0 spiro atoms. The molecule has 8 heteroatoms. The largest absolute Gasteiger partial charge is 0.331 e. The van der Waals surface area contributed by atoms with Gasteiger partial charge in [0.15, 0.2) is 5.13 Å². The zero-order valence-electron chi connectivity index (χ0n) is 12.9. The van der Waals surface area contributed by atoms with Crippen molar-refractivity contribution in [2.75, 3.05) is 11.9 Å². The van der Waals surface area contributed by atoms with E-state index in [2.05, 4.69) is 10.3 Å². The molecule has 2 heterocycles. The molecule has 2 amide bonds. The fourth-order valence-electron chi connectivity index (χ4n) is 2.79. The molecule has 0 saturated carbocycles. The smallest absolute Gasteiger partial charge is 0.248 e. The molecule has 1 fully saturated rings. The molecule has 1 aromatic heterocycles. The number of carbonyl (C=O) groups is 2. The lowest BCUT2D eigenvalue weighted by atomic mass is 10.1. The molecule has 0 unspecified atom stereocenters. The number of likely N-dealkylation sites (tertiary alicyclic amines) is 1. The van der Waals surface area contributed by atoms with Gasteiger partial charge in [-0.3, -0.25) is 9.59 Å². The quantitative estimate of drug-likeness (QED) is 0.925. The zero-order valence-corrected chi connectivity index (χ0v) is 13.7. The van der Waals surface area contributed by atoms with Gasteiger partial charge in [0.1, 0.15) is 17.7 Å². The van der Waals surface area contributed by atoms with Gasteiger partial charge in [-0.25, -0.2) is 13.8 Å². The van der Waals surface area contributed by atoms with E-state index >= 15 is 0 Å². The Balaban J connectivity index is 1.77. The number of aromatic nitrogens is 1. The Morgan fingerprint density at radius 2 is 2.04 bits per heavy atom. The topological polar surface area (TPSA) is 62.3 Å². The minimum atomic E-state index is -0.711. The predicted molar refractivity (Wildman–Crippen MR) is 86.5 cm³/mol. The van der Waals surface area contributed by atoms with Crippen LogP contribution in [0.25, 0.3) is 11.3 Å². The number of hydrogen-bond donors (Lipinski definition) is 1. The molecule has 1 atom stereocenters. The van der Waals surface area contributed by atoms with Crippen molar-refractivity contribution in [1.29, 1.82) is 0 Å². The molecule has 126 valence electrons. The zero-order chi connectivity index (χ0) is 17.3. The molecule has 5 nitrogen and oxygen atoms in total. The maximum Gasteiger partial charge on any atom is 0.248 e. The van der Waals surface area contributed by atoms with Crippen LogP contribution >= 0.6 is 11.3 Å². The van der Waals surface area contributed by atoms with E-state index in [0.29, 0.717) is 13.0 Å². The van der Waals surface area contributed by atoms with Crippen LogP contribution in [-0.4, -0.2) is 34.3 Å². The number of amides is 2. The van der Waals surface area contributed by atoms with E-state index in [1.807, 2.05) is 0 Å². The van der Waals surface area contributed by atoms with Gasteiger partial charge < -0.3 is 10.2 Å². The normalized spacial score (nSPS) is 17.1. The van der Waals surface area contributed by atoms with Gasteiger partial charge in [-0.05, 0) is 25.0 Å². The Morgan fingerprint density at radius 3 is 2.71 bits per heavy atom. The number of hydrogen-bond acceptors (Lipinski definition) is 4. The van der Waals surface area contributed by atoms with E-state index in [1.54, 1.807) is 0 Å². The molecule has 0 aliphatic carbocycles. The number of rotatable bonds is 3. The molecule has 0 radical (unpaired) electrons. The van der Waals surface area contributed by atoms with Crippen LogP contribution in [0.15, 0.2) is 23.6 Å². The first kappa shape index (κ1) is 16.5. The van der Waals surface area contributed by atoms with Crippen molar-refractivity contribution in [3.05, 3.63) is 35.2 Å². The minimum Gasteiger partial charge on any atom is -0.331 e. The summed E-state index contributed by atoms with van der Waals surface area (Å²) >= 11 is 1.08. The fraction of sp³-hybridized carbons (Fsp3) is 0.312. The van der Waals surface area contributed by atoms with Gasteiger partial charge in [-0.1, -0.05) is 6.07 Å². The third kappa shape index (κ3) is 3.14. The second-order valence-corrected chi connectivity index (χ2v) is 6.35. The summed E-state index contributed by atoms with van der Waals surface area (Å²) in [6.07, 6.45) is 1.35. The van der Waals surface area contributed by atoms with Crippen LogP contribution in [0.1, 0.15) is 19.8 Å². The number of nitrogens with zero attached hydrogens (tertiary/aromatic N) is 2. The van der Waals surface area contributed by atoms with Crippen LogP contribution in [0.2, 0.25) is 0 Å². The van der Waals surface area contributed by atoms with Crippen molar-refractivity contribution in [2.45, 2.75) is 25.8 Å². The monoisotopic (exact) mass is 351 g/mol. The van der Waals surface area contributed by atoms with E-state index in [9.17, 15) is 18.4 Å². The SMILES string of the molecule is CC(=O)N1CCC[C@H]1C(=O)Nc1nc(-c2c(F)cccc2F)cs1. The lowest BCUT2D eigenvalue weighted by molar-refractivity contribution is -0.134. The van der Waals surface area contributed by atoms with Crippen LogP contribution in [0.4, 0.5) is 13.9 Å². The molecule has 1 aromatic carbocycles. The molecule has 1 N–H and O–H groups in total. The van der Waals surface area contributed by atoms with Crippen LogP contribution in [0.5, 0.6) is 0 Å². The summed E-state index contributed by atoms with van der Waals surface area (Å²) in [7, 11) is 0. The Hall–Kier alpha value is -2.35. The molecule has 1 aliphatic rings. The second kappa shape index (κ2) is 6.64. The van der Waals surface area contributed by atoms with Gasteiger partial charge >= 0.3 is 0 Å². The summed E-state index contributed by atoms with van der Waals surface area (Å²) in [5.74, 6) is -1.91. The lowest BCUT2D eigenvalue weighted by Gasteiger charge is -2.21. The highest BCUT2D eigenvalue weighted by molar-refractivity contribution is 7.14. The highest BCUT2D eigenvalue weighted by Gasteiger charge is 2.32. The van der Waals surface area contributed by atoms with Gasteiger partial charge in [0, 0.05) is 18.8 Å². The molecule has 1 saturated heterocycles. The summed E-state index contributed by atoms with van der Waals surface area (Å²) in [5, 5.41) is 4.35. The Kier molecular flexibility index (Phi) is 4.57. The van der Waals surface area contributed by atoms with Crippen LogP contribution in [0.3, 0.4) is 0 Å². The summed E-state index contributed by atoms with van der Waals surface area (Å²) < 4.78 is 27.6. The number of nitrogens with one attached hydrogen (secondary N) is 1. The van der Waals surface area contributed by atoms with Crippen molar-refractivity contribution < 1.29 is 18.4 Å². The van der Waals surface area contributed by atoms with Crippen LogP contribution in [-0.2, 0) is 9.59 Å². The minimum absolute atomic E-state index is 0.126. The number of thiazole rings is 1. The van der Waals surface area contributed by atoms with Crippen LogP contribution < -0.4 is 5.32 Å². The van der Waals surface area contributed by atoms with Gasteiger partial charge in [0.2, 0.25) is 11.8 Å². The second-order valence-electron chi connectivity index (χ2n) is 5.49. The fourth-order valence-corrected chi connectivity index (χ4v) is 3.50. The van der Waals surface area contributed by atoms with E-state index in [-0.39, 0.29) is 28.2 Å². The molecule has 2 aromatic rings. The first-order valence-corrected chi connectivity index (χ1v) is 8.33. The number of carbonyl (C=O) groups excluding carboxylic acids is 2. The van der Waals surface area contributed by atoms with Crippen LogP contribution in [0, 0.1) is 11.6 Å². The first-order valence-electron chi connectivity index (χ1n) is 7.45. The lowest BCUT2D eigenvalue weighted by Crippen LogP contribution is -2.42. The van der Waals surface area contributed by atoms with Gasteiger partial charge in [-0.2, -0.15) is 0 Å². The predicted octanol–water partition coefficient (Wildman–Crippen LogP) is 3.04. The highest BCUT2D eigenvalue weighted by atomic mass is 32.1. The van der Waals surface area contributed by atoms with Gasteiger partial charge in [-0.15, -0.1) is 11.3 Å². The maximum atomic E-state index is 13.8. The number of halogens is 2. The third-order valence-electron chi connectivity index (χ3n) is 3.91. The number of benzene rings is 1. The molecule has 0 bridgehead atoms. The van der Waals surface area contributed by atoms with Crippen molar-refractivity contribution in [2.24, 2.45) is 0 Å².